The van der Waals surface area contributed by atoms with Gasteiger partial charge >= 0.3 is 0 Å². The maximum Gasteiger partial charge on any atom is 0.161 e. The van der Waals surface area contributed by atoms with Crippen molar-refractivity contribution >= 4 is 0 Å². The molecule has 96 valence electrons. The van der Waals surface area contributed by atoms with E-state index in [1.165, 1.54) is 0 Å². The molecule has 0 aliphatic rings. The van der Waals surface area contributed by atoms with Crippen LogP contribution in [0.1, 0.15) is 25.5 Å². The minimum atomic E-state index is -0.375. The number of benzene rings is 1. The van der Waals surface area contributed by atoms with Gasteiger partial charge in [-0.05, 0) is 17.7 Å². The van der Waals surface area contributed by atoms with E-state index < -0.39 is 0 Å². The number of methoxy groups -OCH3 is 2. The Morgan fingerprint density at radius 1 is 1.24 bits per heavy atom. The van der Waals surface area contributed by atoms with Gasteiger partial charge in [0.15, 0.2) is 11.5 Å². The van der Waals surface area contributed by atoms with Gasteiger partial charge in [0, 0.05) is 18.1 Å². The second kappa shape index (κ2) is 5.38. The van der Waals surface area contributed by atoms with E-state index in [2.05, 4.69) is 0 Å². The van der Waals surface area contributed by atoms with Crippen LogP contribution in [-0.2, 0) is 0 Å². The van der Waals surface area contributed by atoms with E-state index in [0.29, 0.717) is 11.5 Å². The molecule has 4 heteroatoms. The van der Waals surface area contributed by atoms with E-state index in [1.54, 1.807) is 14.2 Å². The summed E-state index contributed by atoms with van der Waals surface area (Å²) in [5.74, 6) is 1.32. The van der Waals surface area contributed by atoms with Crippen molar-refractivity contribution in [1.29, 1.82) is 0 Å². The maximum atomic E-state index is 9.32. The lowest BCUT2D eigenvalue weighted by molar-refractivity contribution is 0.132. The van der Waals surface area contributed by atoms with Crippen LogP contribution in [0.15, 0.2) is 18.2 Å². The van der Waals surface area contributed by atoms with Crippen LogP contribution in [0.25, 0.3) is 0 Å². The predicted octanol–water partition coefficient (Wildman–Crippen LogP) is 1.72. The van der Waals surface area contributed by atoms with Crippen LogP contribution in [-0.4, -0.2) is 25.9 Å². The summed E-state index contributed by atoms with van der Waals surface area (Å²) in [5, 5.41) is 9.32. The van der Waals surface area contributed by atoms with Crippen LogP contribution in [0.4, 0.5) is 0 Å². The standard InChI is InChI=1S/C13H21NO3/c1-13(2,8-15)12(14)9-5-6-10(16-3)11(7-9)17-4/h5-7,12,15H,8,14H2,1-4H3/t12-/m1/s1. The largest absolute Gasteiger partial charge is 0.493 e. The van der Waals surface area contributed by atoms with Gasteiger partial charge in [0.25, 0.3) is 0 Å². The average Bonchev–Trinajstić information content (AvgIpc) is 2.36. The first-order chi connectivity index (χ1) is 7.96. The van der Waals surface area contributed by atoms with Gasteiger partial charge in [-0.1, -0.05) is 19.9 Å². The highest BCUT2D eigenvalue weighted by molar-refractivity contribution is 5.44. The summed E-state index contributed by atoms with van der Waals surface area (Å²) in [4.78, 5) is 0. The second-order valence-corrected chi connectivity index (χ2v) is 4.74. The van der Waals surface area contributed by atoms with Gasteiger partial charge in [-0.2, -0.15) is 0 Å². The minimum absolute atomic E-state index is 0.0303. The molecule has 4 nitrogen and oxygen atoms in total. The molecule has 0 saturated carbocycles. The summed E-state index contributed by atoms with van der Waals surface area (Å²) in [6, 6.07) is 5.30. The molecule has 1 rings (SSSR count). The van der Waals surface area contributed by atoms with E-state index in [9.17, 15) is 5.11 Å². The molecule has 3 N–H and O–H groups in total. The highest BCUT2D eigenvalue weighted by Crippen LogP contribution is 2.35. The molecular formula is C13H21NO3. The van der Waals surface area contributed by atoms with E-state index in [-0.39, 0.29) is 18.1 Å². The van der Waals surface area contributed by atoms with Crippen molar-refractivity contribution in [2.75, 3.05) is 20.8 Å². The normalized spacial score (nSPS) is 13.3. The van der Waals surface area contributed by atoms with Crippen LogP contribution >= 0.6 is 0 Å². The zero-order chi connectivity index (χ0) is 13.1. The fourth-order valence-electron chi connectivity index (χ4n) is 1.60. The van der Waals surface area contributed by atoms with Crippen LogP contribution < -0.4 is 15.2 Å². The fourth-order valence-corrected chi connectivity index (χ4v) is 1.60. The molecule has 0 amide bonds. The molecule has 0 radical (unpaired) electrons. The third-order valence-corrected chi connectivity index (χ3v) is 3.02. The van der Waals surface area contributed by atoms with Crippen molar-refractivity contribution in [1.82, 2.24) is 0 Å². The van der Waals surface area contributed by atoms with Crippen LogP contribution in [0, 0.1) is 5.41 Å². The molecule has 0 bridgehead atoms. The molecule has 1 atom stereocenters. The van der Waals surface area contributed by atoms with Crippen LogP contribution in [0.3, 0.4) is 0 Å². The molecule has 0 fully saturated rings. The van der Waals surface area contributed by atoms with Crippen molar-refractivity contribution in [3.63, 3.8) is 0 Å². The van der Waals surface area contributed by atoms with Crippen molar-refractivity contribution in [3.8, 4) is 11.5 Å². The van der Waals surface area contributed by atoms with Gasteiger partial charge < -0.3 is 20.3 Å². The summed E-state index contributed by atoms with van der Waals surface area (Å²) in [6.45, 7) is 3.88. The summed E-state index contributed by atoms with van der Waals surface area (Å²) in [7, 11) is 3.18. The zero-order valence-electron chi connectivity index (χ0n) is 10.9. The first-order valence-corrected chi connectivity index (χ1v) is 5.54. The van der Waals surface area contributed by atoms with Gasteiger partial charge in [0.05, 0.1) is 14.2 Å². The van der Waals surface area contributed by atoms with Gasteiger partial charge in [-0.15, -0.1) is 0 Å². The van der Waals surface area contributed by atoms with Crippen molar-refractivity contribution in [3.05, 3.63) is 23.8 Å². The van der Waals surface area contributed by atoms with Gasteiger partial charge in [0.2, 0.25) is 0 Å². The minimum Gasteiger partial charge on any atom is -0.493 e. The molecule has 0 saturated heterocycles. The summed E-state index contributed by atoms with van der Waals surface area (Å²) in [5.41, 5.74) is 6.68. The lowest BCUT2D eigenvalue weighted by Gasteiger charge is -2.30. The Labute approximate surface area is 102 Å². The Morgan fingerprint density at radius 3 is 2.29 bits per heavy atom. The number of hydrogen-bond acceptors (Lipinski definition) is 4. The van der Waals surface area contributed by atoms with Gasteiger partial charge in [0.1, 0.15) is 0 Å². The number of hydrogen-bond donors (Lipinski definition) is 2. The van der Waals surface area contributed by atoms with Crippen molar-refractivity contribution in [2.45, 2.75) is 19.9 Å². The Morgan fingerprint density at radius 2 is 1.82 bits per heavy atom. The molecule has 0 aliphatic heterocycles. The SMILES string of the molecule is COc1ccc([C@@H](N)C(C)(C)CO)cc1OC. The first-order valence-electron chi connectivity index (χ1n) is 5.54. The number of ether oxygens (including phenoxy) is 2. The van der Waals surface area contributed by atoms with Crippen molar-refractivity contribution < 1.29 is 14.6 Å². The lowest BCUT2D eigenvalue weighted by atomic mass is 9.82. The Bertz CT molecular complexity index is 377. The number of aliphatic hydroxyl groups excluding tert-OH is 1. The Hall–Kier alpha value is -1.26. The first kappa shape index (κ1) is 13.8. The van der Waals surface area contributed by atoms with E-state index in [1.807, 2.05) is 32.0 Å². The fraction of sp³-hybridized carbons (Fsp3) is 0.538. The van der Waals surface area contributed by atoms with E-state index >= 15 is 0 Å². The zero-order valence-corrected chi connectivity index (χ0v) is 10.9. The quantitative estimate of drug-likeness (QED) is 0.821. The molecule has 1 aromatic carbocycles. The molecule has 1 aromatic rings. The predicted molar refractivity (Wildman–Crippen MR) is 67.3 cm³/mol. The molecular weight excluding hydrogens is 218 g/mol. The van der Waals surface area contributed by atoms with E-state index in [4.69, 9.17) is 15.2 Å². The van der Waals surface area contributed by atoms with Gasteiger partial charge in [-0.3, -0.25) is 0 Å². The Kier molecular flexibility index (Phi) is 4.37. The van der Waals surface area contributed by atoms with E-state index in [0.717, 1.165) is 5.56 Å². The third kappa shape index (κ3) is 2.90. The number of rotatable bonds is 5. The average molecular weight is 239 g/mol. The summed E-state index contributed by atoms with van der Waals surface area (Å²) in [6.07, 6.45) is 0. The maximum absolute atomic E-state index is 9.32. The monoisotopic (exact) mass is 239 g/mol. The topological polar surface area (TPSA) is 64.7 Å². The Balaban J connectivity index is 3.07. The molecule has 17 heavy (non-hydrogen) atoms. The van der Waals surface area contributed by atoms with Gasteiger partial charge in [-0.25, -0.2) is 0 Å². The lowest BCUT2D eigenvalue weighted by Crippen LogP contribution is -2.32. The number of aliphatic hydroxyl groups is 1. The highest BCUT2D eigenvalue weighted by Gasteiger charge is 2.27. The summed E-state index contributed by atoms with van der Waals surface area (Å²) < 4.78 is 10.4. The second-order valence-electron chi connectivity index (χ2n) is 4.74. The molecule has 0 heterocycles. The highest BCUT2D eigenvalue weighted by atomic mass is 16.5. The van der Waals surface area contributed by atoms with Crippen LogP contribution in [0.2, 0.25) is 0 Å². The molecule has 0 aliphatic carbocycles. The molecule has 0 spiro atoms. The summed E-state index contributed by atoms with van der Waals surface area (Å²) >= 11 is 0. The van der Waals surface area contributed by atoms with Crippen LogP contribution in [0.5, 0.6) is 11.5 Å². The molecule has 0 unspecified atom stereocenters. The van der Waals surface area contributed by atoms with Crippen molar-refractivity contribution in [2.24, 2.45) is 11.1 Å². The third-order valence-electron chi connectivity index (χ3n) is 3.02. The molecule has 0 aromatic heterocycles. The number of nitrogens with two attached hydrogens (primary N) is 1. The smallest absolute Gasteiger partial charge is 0.161 e.